The fourth-order valence-electron chi connectivity index (χ4n) is 8.47. The summed E-state index contributed by atoms with van der Waals surface area (Å²) in [4.78, 5) is 60.4. The Morgan fingerprint density at radius 1 is 1.04 bits per heavy atom. The fraction of sp³-hybridized carbons (Fsp3) is 0.395. The number of likely N-dealkylation sites (tertiary alicyclic amines) is 1. The first kappa shape index (κ1) is 38.5. The number of amides is 3. The van der Waals surface area contributed by atoms with Crippen LogP contribution in [0.2, 0.25) is 0 Å². The summed E-state index contributed by atoms with van der Waals surface area (Å²) in [7, 11) is 1.56. The molecule has 54 heavy (non-hydrogen) atoms. The number of allylic oxidation sites excluding steroid dienone is 1. The molecule has 3 aliphatic rings. The van der Waals surface area contributed by atoms with Crippen molar-refractivity contribution in [3.8, 4) is 5.75 Å². The molecule has 3 aliphatic heterocycles. The van der Waals surface area contributed by atoms with Crippen LogP contribution in [0.25, 0.3) is 0 Å². The third-order valence-corrected chi connectivity index (χ3v) is 10.9. The molecule has 11 nitrogen and oxygen atoms in total. The van der Waals surface area contributed by atoms with E-state index >= 15 is 4.79 Å². The average Bonchev–Trinajstić information content (AvgIpc) is 3.85. The maximum Gasteiger partial charge on any atom is 0.313 e. The molecule has 0 aromatic heterocycles. The minimum atomic E-state index is -1.36. The summed E-state index contributed by atoms with van der Waals surface area (Å²) < 4.78 is 18.4. The third kappa shape index (κ3) is 7.43. The van der Waals surface area contributed by atoms with Crippen LogP contribution in [0.5, 0.6) is 5.75 Å². The lowest BCUT2D eigenvalue weighted by atomic mass is 9.70. The molecule has 2 N–H and O–H groups in total. The number of fused-ring (bicyclic) bond motifs is 1. The number of anilines is 1. The first-order valence-electron chi connectivity index (χ1n) is 18.5. The zero-order chi connectivity index (χ0) is 38.4. The second-order valence-electron chi connectivity index (χ2n) is 14.2. The number of hydrogen-bond donors (Lipinski definition) is 2. The second kappa shape index (κ2) is 16.8. The van der Waals surface area contributed by atoms with E-state index in [2.05, 4.69) is 18.5 Å². The second-order valence-corrected chi connectivity index (χ2v) is 14.2. The van der Waals surface area contributed by atoms with Gasteiger partial charge < -0.3 is 34.4 Å². The molecule has 3 amide bonds. The highest BCUT2D eigenvalue weighted by molar-refractivity contribution is 6.05. The van der Waals surface area contributed by atoms with Gasteiger partial charge in [-0.2, -0.15) is 0 Å². The van der Waals surface area contributed by atoms with Crippen LogP contribution in [-0.4, -0.2) is 83.8 Å². The van der Waals surface area contributed by atoms with Crippen molar-refractivity contribution in [2.45, 2.75) is 75.0 Å². The number of hydrogen-bond acceptors (Lipinski definition) is 8. The van der Waals surface area contributed by atoms with E-state index in [0.29, 0.717) is 36.3 Å². The van der Waals surface area contributed by atoms with Gasteiger partial charge in [-0.05, 0) is 68.0 Å². The van der Waals surface area contributed by atoms with Crippen molar-refractivity contribution in [2.24, 2.45) is 11.8 Å². The molecule has 1 spiro atoms. The maximum absolute atomic E-state index is 15.1. The van der Waals surface area contributed by atoms with Gasteiger partial charge >= 0.3 is 5.97 Å². The summed E-state index contributed by atoms with van der Waals surface area (Å²) in [5.74, 6) is -3.15. The predicted molar refractivity (Wildman–Crippen MR) is 203 cm³/mol. The molecule has 0 unspecified atom stereocenters. The molecule has 3 fully saturated rings. The van der Waals surface area contributed by atoms with Gasteiger partial charge in [-0.1, -0.05) is 72.8 Å². The van der Waals surface area contributed by atoms with Crippen molar-refractivity contribution < 1.29 is 38.5 Å². The summed E-state index contributed by atoms with van der Waals surface area (Å²) in [6, 6.07) is 23.1. The van der Waals surface area contributed by atoms with Crippen molar-refractivity contribution in [1.29, 1.82) is 0 Å². The van der Waals surface area contributed by atoms with Gasteiger partial charge in [-0.25, -0.2) is 0 Å². The van der Waals surface area contributed by atoms with E-state index in [1.807, 2.05) is 60.7 Å². The summed E-state index contributed by atoms with van der Waals surface area (Å²) in [6.07, 6.45) is 3.53. The van der Waals surface area contributed by atoms with E-state index in [4.69, 9.17) is 14.2 Å². The summed E-state index contributed by atoms with van der Waals surface area (Å²) in [5, 5.41) is 13.9. The van der Waals surface area contributed by atoms with Crippen LogP contribution in [0.1, 0.15) is 49.8 Å². The highest BCUT2D eigenvalue weighted by Gasteiger charge is 2.75. The highest BCUT2D eigenvalue weighted by Crippen LogP contribution is 2.59. The molecule has 3 aromatic rings. The van der Waals surface area contributed by atoms with Crippen LogP contribution in [0.4, 0.5) is 5.69 Å². The number of aliphatic hydroxyl groups is 1. The Balaban J connectivity index is 1.37. The van der Waals surface area contributed by atoms with Gasteiger partial charge in [0, 0.05) is 18.7 Å². The predicted octanol–water partition coefficient (Wildman–Crippen LogP) is 4.95. The van der Waals surface area contributed by atoms with Crippen molar-refractivity contribution in [3.05, 3.63) is 121 Å². The lowest BCUT2D eigenvalue weighted by molar-refractivity contribution is -0.162. The number of aliphatic hydroxyl groups excluding tert-OH is 1. The molecule has 0 radical (unpaired) electrons. The molecule has 8 atom stereocenters. The van der Waals surface area contributed by atoms with Crippen molar-refractivity contribution >= 4 is 29.4 Å². The zero-order valence-corrected chi connectivity index (χ0v) is 30.8. The normalized spacial score (nSPS) is 24.2. The van der Waals surface area contributed by atoms with E-state index in [1.165, 1.54) is 4.90 Å². The number of nitrogens with zero attached hydrogens (tertiary/aromatic N) is 2. The molecule has 284 valence electrons. The van der Waals surface area contributed by atoms with Gasteiger partial charge in [-0.3, -0.25) is 19.2 Å². The number of benzene rings is 3. The summed E-state index contributed by atoms with van der Waals surface area (Å²) in [5.41, 5.74) is 0.760. The molecular weight excluding hydrogens is 686 g/mol. The van der Waals surface area contributed by atoms with Gasteiger partial charge in [0.15, 0.2) is 0 Å². The molecule has 3 heterocycles. The Morgan fingerprint density at radius 3 is 2.35 bits per heavy atom. The van der Waals surface area contributed by atoms with Crippen molar-refractivity contribution in [2.75, 3.05) is 25.2 Å². The van der Waals surface area contributed by atoms with Gasteiger partial charge in [0.25, 0.3) is 5.91 Å². The van der Waals surface area contributed by atoms with Crippen molar-refractivity contribution in [1.82, 2.24) is 10.2 Å². The Kier molecular flexibility index (Phi) is 12.0. The number of methoxy groups -OCH3 is 1. The Morgan fingerprint density at radius 2 is 1.72 bits per heavy atom. The van der Waals surface area contributed by atoms with Gasteiger partial charge in [0.2, 0.25) is 11.8 Å². The van der Waals surface area contributed by atoms with E-state index in [-0.39, 0.29) is 25.3 Å². The number of esters is 1. The monoisotopic (exact) mass is 735 g/mol. The number of rotatable bonds is 17. The van der Waals surface area contributed by atoms with Gasteiger partial charge in [0.1, 0.15) is 23.5 Å². The Labute approximate surface area is 316 Å². The van der Waals surface area contributed by atoms with Crippen LogP contribution in [0, 0.1) is 11.8 Å². The van der Waals surface area contributed by atoms with E-state index in [1.54, 1.807) is 55.4 Å². The van der Waals surface area contributed by atoms with Crippen LogP contribution >= 0.6 is 0 Å². The number of carbonyl (C=O) groups is 4. The Hall–Kier alpha value is -5.26. The van der Waals surface area contributed by atoms with Crippen LogP contribution in [-0.2, 0) is 35.1 Å². The minimum Gasteiger partial charge on any atom is -0.497 e. The lowest BCUT2D eigenvalue weighted by Gasteiger charge is -2.39. The Bertz CT molecular complexity index is 1820. The first-order chi connectivity index (χ1) is 26.2. The van der Waals surface area contributed by atoms with Gasteiger partial charge in [0.05, 0.1) is 43.7 Å². The first-order valence-corrected chi connectivity index (χ1v) is 18.5. The molecular formula is C43H49N3O8. The quantitative estimate of drug-likeness (QED) is 0.147. The number of nitrogens with one attached hydrogen (secondary N) is 1. The molecule has 2 bridgehead atoms. The highest BCUT2D eigenvalue weighted by atomic mass is 16.6. The third-order valence-electron chi connectivity index (χ3n) is 10.9. The van der Waals surface area contributed by atoms with Crippen LogP contribution in [0.15, 0.2) is 110 Å². The molecule has 6 rings (SSSR count). The van der Waals surface area contributed by atoms with Crippen LogP contribution in [0.3, 0.4) is 0 Å². The molecule has 0 saturated carbocycles. The fourth-order valence-corrected chi connectivity index (χ4v) is 8.47. The average molecular weight is 736 g/mol. The molecule has 3 aromatic carbocycles. The largest absolute Gasteiger partial charge is 0.497 e. The standard InChI is InChI=1S/C43H49N3O8/c1-5-7-18-35(48)44-28(3)38(30-16-12-9-13-17-30)53-42(51)36-34-23-24-43(54-34)37(36)40(49)46(32(27-47)26-29-14-10-8-11-15-29)39(43)41(50)45(25-6-2)31-19-21-33(52-4)22-20-31/h5-6,8-17,19-22,28,32,34,36-39,47H,1-2,7,18,23-27H2,3-4H3,(H,44,48)/t28-,32+,34+,36-,37-,38-,39+,43-/m0/s1. The topological polar surface area (TPSA) is 135 Å². The summed E-state index contributed by atoms with van der Waals surface area (Å²) >= 11 is 0. The molecule has 11 heteroatoms. The molecule has 3 saturated heterocycles. The molecule has 0 aliphatic carbocycles. The minimum absolute atomic E-state index is 0.136. The van der Waals surface area contributed by atoms with Gasteiger partial charge in [-0.15, -0.1) is 13.2 Å². The SMILES string of the molecule is C=CCCC(=O)N[C@@H](C)[C@H](OC(=O)[C@@H]1[C@H]2C(=O)N([C@@H](CO)Cc3ccccc3)[C@H](C(=O)N(CC=C)c3ccc(OC)cc3)[C@]23CC[C@H]1O3)c1ccccc1. The zero-order valence-electron chi connectivity index (χ0n) is 30.8. The van der Waals surface area contributed by atoms with Crippen LogP contribution < -0.4 is 15.0 Å². The number of carbonyl (C=O) groups excluding carboxylic acids is 4. The smallest absolute Gasteiger partial charge is 0.313 e. The van der Waals surface area contributed by atoms with E-state index in [9.17, 15) is 19.5 Å². The van der Waals surface area contributed by atoms with Crippen molar-refractivity contribution in [3.63, 3.8) is 0 Å². The number of ether oxygens (including phenoxy) is 3. The van der Waals surface area contributed by atoms with E-state index in [0.717, 1.165) is 5.56 Å². The summed E-state index contributed by atoms with van der Waals surface area (Å²) in [6.45, 7) is 9.07. The van der Waals surface area contributed by atoms with E-state index < -0.39 is 72.2 Å². The lowest BCUT2D eigenvalue weighted by Crippen LogP contribution is -2.59. The maximum atomic E-state index is 15.1.